The Morgan fingerprint density at radius 1 is 1.02 bits per heavy atom. The van der Waals surface area contributed by atoms with Gasteiger partial charge in [-0.1, -0.05) is 61.5 Å². The summed E-state index contributed by atoms with van der Waals surface area (Å²) in [4.78, 5) is 32.1. The first-order valence-corrected chi connectivity index (χ1v) is 14.4. The van der Waals surface area contributed by atoms with E-state index in [2.05, 4.69) is 30.0 Å². The number of benzene rings is 3. The van der Waals surface area contributed by atoms with Crippen molar-refractivity contribution < 1.29 is 14.3 Å². The zero-order valence-corrected chi connectivity index (χ0v) is 24.5. The Balaban J connectivity index is 1.65. The number of fused-ring (bicyclic) bond motifs is 1. The van der Waals surface area contributed by atoms with Crippen LogP contribution in [0.3, 0.4) is 0 Å². The number of para-hydroxylation sites is 1. The molecule has 6 nitrogen and oxygen atoms in total. The van der Waals surface area contributed by atoms with Gasteiger partial charge in [-0.15, -0.1) is 12.3 Å². The van der Waals surface area contributed by atoms with Gasteiger partial charge in [0.15, 0.2) is 0 Å². The Morgan fingerprint density at radius 2 is 1.71 bits per heavy atom. The summed E-state index contributed by atoms with van der Waals surface area (Å²) in [7, 11) is 2.04. The normalized spacial score (nSPS) is 16.0. The number of ether oxygens (including phenoxy) is 1. The average molecular weight is 552 g/mol. The van der Waals surface area contributed by atoms with E-state index in [-0.39, 0.29) is 17.7 Å². The van der Waals surface area contributed by atoms with Crippen LogP contribution in [-0.4, -0.2) is 54.3 Å². The highest BCUT2D eigenvalue weighted by molar-refractivity contribution is 5.92. The predicted molar refractivity (Wildman–Crippen MR) is 164 cm³/mol. The zero-order chi connectivity index (χ0) is 29.4. The molecular formula is C35H41N3O3. The Hall–Kier alpha value is -4.08. The van der Waals surface area contributed by atoms with Gasteiger partial charge >= 0.3 is 0 Å². The number of carbonyl (C=O) groups excluding carboxylic acids is 2. The Kier molecular flexibility index (Phi) is 10.2. The van der Waals surface area contributed by atoms with E-state index < -0.39 is 12.0 Å². The van der Waals surface area contributed by atoms with E-state index in [1.807, 2.05) is 92.8 Å². The number of nitrogens with one attached hydrogen (secondary N) is 1. The van der Waals surface area contributed by atoms with Gasteiger partial charge in [-0.25, -0.2) is 0 Å². The Morgan fingerprint density at radius 3 is 2.37 bits per heavy atom. The summed E-state index contributed by atoms with van der Waals surface area (Å²) in [6.07, 6.45) is 6.87. The van der Waals surface area contributed by atoms with Crippen molar-refractivity contribution in [2.24, 2.45) is 5.92 Å². The summed E-state index contributed by atoms with van der Waals surface area (Å²) < 4.78 is 6.07. The van der Waals surface area contributed by atoms with Crippen molar-refractivity contribution in [3.8, 4) is 23.8 Å². The van der Waals surface area contributed by atoms with E-state index >= 15 is 0 Å². The number of nitrogens with zero attached hydrogens (tertiary/aromatic N) is 2. The van der Waals surface area contributed by atoms with E-state index in [0.29, 0.717) is 44.3 Å². The molecule has 2 amide bonds. The van der Waals surface area contributed by atoms with E-state index in [0.717, 1.165) is 22.4 Å². The molecule has 0 spiro atoms. The van der Waals surface area contributed by atoms with Crippen LogP contribution in [0.15, 0.2) is 78.9 Å². The molecule has 3 atom stereocenters. The third kappa shape index (κ3) is 7.56. The van der Waals surface area contributed by atoms with Gasteiger partial charge < -0.3 is 19.9 Å². The van der Waals surface area contributed by atoms with Crippen LogP contribution in [0.4, 0.5) is 0 Å². The summed E-state index contributed by atoms with van der Waals surface area (Å²) in [5, 5.41) is 3.11. The van der Waals surface area contributed by atoms with E-state index in [4.69, 9.17) is 11.2 Å². The van der Waals surface area contributed by atoms with Crippen molar-refractivity contribution in [1.29, 1.82) is 0 Å². The molecule has 0 saturated carbocycles. The van der Waals surface area contributed by atoms with Crippen LogP contribution >= 0.6 is 0 Å². The molecule has 3 unspecified atom stereocenters. The molecule has 3 aromatic rings. The second-order valence-electron chi connectivity index (χ2n) is 11.1. The van der Waals surface area contributed by atoms with Crippen LogP contribution < -0.4 is 10.1 Å². The van der Waals surface area contributed by atoms with Gasteiger partial charge in [0.2, 0.25) is 11.8 Å². The molecule has 1 N–H and O–H groups in total. The molecule has 1 heterocycles. The van der Waals surface area contributed by atoms with Crippen LogP contribution in [0, 0.1) is 18.3 Å². The number of hydrogen-bond acceptors (Lipinski definition) is 4. The van der Waals surface area contributed by atoms with Crippen molar-refractivity contribution in [3.05, 3.63) is 95.6 Å². The first-order valence-electron chi connectivity index (χ1n) is 14.4. The fourth-order valence-electron chi connectivity index (χ4n) is 5.21. The first kappa shape index (κ1) is 29.9. The average Bonchev–Trinajstić information content (AvgIpc) is 2.99. The summed E-state index contributed by atoms with van der Waals surface area (Å²) in [6, 6.07) is 24.8. The Bertz CT molecular complexity index is 1350. The molecule has 41 heavy (non-hydrogen) atoms. The molecule has 214 valence electrons. The first-order chi connectivity index (χ1) is 19.8. The lowest BCUT2D eigenvalue weighted by molar-refractivity contribution is -0.142. The summed E-state index contributed by atoms with van der Waals surface area (Å²) >= 11 is 0. The molecule has 6 heteroatoms. The van der Waals surface area contributed by atoms with Crippen molar-refractivity contribution >= 4 is 11.8 Å². The fraction of sp³-hybridized carbons (Fsp3) is 0.371. The number of carbonyl (C=O) groups is 2. The number of hydrogen-bond donors (Lipinski definition) is 1. The van der Waals surface area contributed by atoms with E-state index in [1.54, 1.807) is 4.90 Å². The largest absolute Gasteiger partial charge is 0.457 e. The maximum Gasteiger partial charge on any atom is 0.247 e. The molecule has 0 aliphatic carbocycles. The van der Waals surface area contributed by atoms with Gasteiger partial charge in [0.25, 0.3) is 0 Å². The predicted octanol–water partition coefficient (Wildman–Crippen LogP) is 5.80. The van der Waals surface area contributed by atoms with Crippen molar-refractivity contribution in [3.63, 3.8) is 0 Å². The zero-order valence-electron chi connectivity index (χ0n) is 24.5. The number of terminal acetylenes is 1. The number of amides is 2. The van der Waals surface area contributed by atoms with Gasteiger partial charge in [-0.2, -0.15) is 0 Å². The molecule has 0 radical (unpaired) electrons. The van der Waals surface area contributed by atoms with Crippen LogP contribution in [0.5, 0.6) is 11.5 Å². The molecule has 0 fully saturated rings. The third-order valence-corrected chi connectivity index (χ3v) is 7.87. The minimum absolute atomic E-state index is 0.0759. The van der Waals surface area contributed by atoms with Gasteiger partial charge in [-0.05, 0) is 74.7 Å². The number of rotatable bonds is 11. The highest BCUT2D eigenvalue weighted by Crippen LogP contribution is 2.37. The second kappa shape index (κ2) is 14.0. The SMILES string of the molecule is C#CC(C)CC(C(=O)N1CCc2cc(Oc3ccccc3)ccc2C1C(=O)NCCN(C)C(C)C)c1ccccc1. The lowest BCUT2D eigenvalue weighted by atomic mass is 9.85. The lowest BCUT2D eigenvalue weighted by Gasteiger charge is -2.39. The van der Waals surface area contributed by atoms with Gasteiger partial charge in [0.1, 0.15) is 17.5 Å². The standard InChI is InChI=1S/C35H41N3O3/c1-6-26(4)23-32(27-13-9-7-10-14-27)35(40)38-21-19-28-24-30(41-29-15-11-8-12-16-29)17-18-31(28)33(38)34(39)36-20-22-37(5)25(2)3/h1,7-18,24-26,32-33H,19-23H2,2-5H3,(H,36,39). The number of likely N-dealkylation sites (N-methyl/N-ethyl adjacent to an activating group) is 1. The molecule has 1 aliphatic rings. The Labute approximate surface area is 244 Å². The smallest absolute Gasteiger partial charge is 0.247 e. The van der Waals surface area contributed by atoms with E-state index in [1.165, 1.54) is 0 Å². The molecule has 3 aromatic carbocycles. The fourth-order valence-corrected chi connectivity index (χ4v) is 5.21. The topological polar surface area (TPSA) is 61.9 Å². The minimum Gasteiger partial charge on any atom is -0.457 e. The third-order valence-electron chi connectivity index (χ3n) is 7.87. The second-order valence-corrected chi connectivity index (χ2v) is 11.1. The van der Waals surface area contributed by atoms with Crippen LogP contribution in [0.25, 0.3) is 0 Å². The van der Waals surface area contributed by atoms with Crippen molar-refractivity contribution in [2.75, 3.05) is 26.7 Å². The lowest BCUT2D eigenvalue weighted by Crippen LogP contribution is -2.49. The molecule has 0 bridgehead atoms. The maximum atomic E-state index is 14.3. The van der Waals surface area contributed by atoms with Gasteiger partial charge in [0.05, 0.1) is 5.92 Å². The van der Waals surface area contributed by atoms with Gasteiger partial charge in [-0.3, -0.25) is 9.59 Å². The van der Waals surface area contributed by atoms with Crippen molar-refractivity contribution in [2.45, 2.75) is 51.6 Å². The monoisotopic (exact) mass is 551 g/mol. The summed E-state index contributed by atoms with van der Waals surface area (Å²) in [6.45, 7) is 7.84. The highest BCUT2D eigenvalue weighted by atomic mass is 16.5. The summed E-state index contributed by atoms with van der Waals surface area (Å²) in [5.74, 6) is 3.46. The quantitative estimate of drug-likeness (QED) is 0.306. The molecule has 4 rings (SSSR count). The van der Waals surface area contributed by atoms with Crippen LogP contribution in [0.2, 0.25) is 0 Å². The van der Waals surface area contributed by atoms with Crippen molar-refractivity contribution in [1.82, 2.24) is 15.1 Å². The highest BCUT2D eigenvalue weighted by Gasteiger charge is 2.39. The maximum absolute atomic E-state index is 14.3. The minimum atomic E-state index is -0.742. The molecule has 1 aliphatic heterocycles. The van der Waals surface area contributed by atoms with Crippen LogP contribution in [0.1, 0.15) is 55.8 Å². The van der Waals surface area contributed by atoms with E-state index in [9.17, 15) is 9.59 Å². The van der Waals surface area contributed by atoms with Gasteiger partial charge in [0, 0.05) is 31.6 Å². The van der Waals surface area contributed by atoms with Crippen LogP contribution in [-0.2, 0) is 16.0 Å². The molecule has 0 aromatic heterocycles. The summed E-state index contributed by atoms with van der Waals surface area (Å²) in [5.41, 5.74) is 2.75. The molecular weight excluding hydrogens is 510 g/mol. The molecule has 0 saturated heterocycles.